The SMILES string of the molecule is CC(c1nc(-c2cccs2)no1)N1CCN(CCCCC(=O)O)CC1. The predicted octanol–water partition coefficient (Wildman–Crippen LogP) is 2.73. The van der Waals surface area contributed by atoms with Gasteiger partial charge in [-0.05, 0) is 37.8 Å². The molecular formula is C17H24N4O3S. The van der Waals surface area contributed by atoms with Gasteiger partial charge < -0.3 is 14.5 Å². The Morgan fingerprint density at radius 1 is 1.36 bits per heavy atom. The molecule has 2 aromatic rings. The molecule has 25 heavy (non-hydrogen) atoms. The summed E-state index contributed by atoms with van der Waals surface area (Å²) in [5.74, 6) is 0.618. The van der Waals surface area contributed by atoms with Crippen molar-refractivity contribution in [3.05, 3.63) is 23.4 Å². The minimum absolute atomic E-state index is 0.107. The van der Waals surface area contributed by atoms with Crippen molar-refractivity contribution in [2.45, 2.75) is 32.2 Å². The molecule has 2 aromatic heterocycles. The van der Waals surface area contributed by atoms with Crippen molar-refractivity contribution in [3.63, 3.8) is 0 Å². The number of aromatic nitrogens is 2. The van der Waals surface area contributed by atoms with Gasteiger partial charge in [-0.25, -0.2) is 0 Å². The summed E-state index contributed by atoms with van der Waals surface area (Å²) in [5.41, 5.74) is 0. The number of rotatable bonds is 8. The molecule has 1 saturated heterocycles. The van der Waals surface area contributed by atoms with E-state index in [4.69, 9.17) is 9.63 Å². The third-order valence-corrected chi connectivity index (χ3v) is 5.48. The maximum Gasteiger partial charge on any atom is 0.303 e. The van der Waals surface area contributed by atoms with Crippen molar-refractivity contribution in [2.75, 3.05) is 32.7 Å². The molecule has 1 atom stereocenters. The molecule has 0 radical (unpaired) electrons. The first kappa shape index (κ1) is 18.0. The molecule has 3 heterocycles. The standard InChI is InChI=1S/C17H24N4O3S/c1-13(17-18-16(19-24-17)14-5-4-12-25-14)21-10-8-20(9-11-21)7-3-2-6-15(22)23/h4-5,12-13H,2-3,6-11H2,1H3,(H,22,23). The summed E-state index contributed by atoms with van der Waals surface area (Å²) in [5, 5.41) is 14.8. The first-order valence-electron chi connectivity index (χ1n) is 8.69. The third kappa shape index (κ3) is 4.87. The molecule has 1 aliphatic heterocycles. The number of carboxylic acid groups (broad SMARTS) is 1. The van der Waals surface area contributed by atoms with Crippen molar-refractivity contribution >= 4 is 17.3 Å². The number of carboxylic acids is 1. The molecule has 1 unspecified atom stereocenters. The molecule has 7 nitrogen and oxygen atoms in total. The fourth-order valence-corrected chi connectivity index (χ4v) is 3.70. The van der Waals surface area contributed by atoms with Crippen LogP contribution in [0.25, 0.3) is 10.7 Å². The summed E-state index contributed by atoms with van der Waals surface area (Å²) < 4.78 is 5.47. The van der Waals surface area contributed by atoms with Gasteiger partial charge in [-0.3, -0.25) is 9.69 Å². The van der Waals surface area contributed by atoms with Crippen LogP contribution in [0.5, 0.6) is 0 Å². The minimum Gasteiger partial charge on any atom is -0.481 e. The van der Waals surface area contributed by atoms with Crippen molar-refractivity contribution in [1.82, 2.24) is 19.9 Å². The van der Waals surface area contributed by atoms with E-state index in [1.54, 1.807) is 11.3 Å². The lowest BCUT2D eigenvalue weighted by Crippen LogP contribution is -2.47. The lowest BCUT2D eigenvalue weighted by Gasteiger charge is -2.36. The van der Waals surface area contributed by atoms with E-state index in [9.17, 15) is 4.79 Å². The number of thiophene rings is 1. The van der Waals surface area contributed by atoms with Crippen LogP contribution in [0, 0.1) is 0 Å². The number of nitrogens with zero attached hydrogens (tertiary/aromatic N) is 4. The molecule has 0 aromatic carbocycles. The zero-order valence-corrected chi connectivity index (χ0v) is 15.2. The Morgan fingerprint density at radius 2 is 2.16 bits per heavy atom. The van der Waals surface area contributed by atoms with Crippen LogP contribution in [-0.2, 0) is 4.79 Å². The number of carbonyl (C=O) groups is 1. The van der Waals surface area contributed by atoms with Crippen molar-refractivity contribution in [2.24, 2.45) is 0 Å². The van der Waals surface area contributed by atoms with Gasteiger partial charge in [0, 0.05) is 32.6 Å². The van der Waals surface area contributed by atoms with Gasteiger partial charge in [0.2, 0.25) is 11.7 Å². The molecule has 8 heteroatoms. The average molecular weight is 364 g/mol. The molecule has 3 rings (SSSR count). The summed E-state index contributed by atoms with van der Waals surface area (Å²) in [6, 6.07) is 4.08. The van der Waals surface area contributed by atoms with Crippen LogP contribution in [-0.4, -0.2) is 63.7 Å². The second kappa shape index (κ2) is 8.55. The molecule has 1 N–H and O–H groups in total. The second-order valence-corrected chi connectivity index (χ2v) is 7.29. The molecule has 0 amide bonds. The van der Waals surface area contributed by atoms with Gasteiger partial charge >= 0.3 is 5.97 Å². The highest BCUT2D eigenvalue weighted by Gasteiger charge is 2.25. The summed E-state index contributed by atoms with van der Waals surface area (Å²) in [6.45, 7) is 6.97. The summed E-state index contributed by atoms with van der Waals surface area (Å²) in [4.78, 5) is 20.9. The highest BCUT2D eigenvalue weighted by molar-refractivity contribution is 7.13. The van der Waals surface area contributed by atoms with Crippen LogP contribution >= 0.6 is 11.3 Å². The molecule has 0 bridgehead atoms. The Kier molecular flexibility index (Phi) is 6.17. The summed E-state index contributed by atoms with van der Waals surface area (Å²) in [7, 11) is 0. The van der Waals surface area contributed by atoms with Crippen LogP contribution in [0.1, 0.15) is 38.1 Å². The Hall–Kier alpha value is -1.77. The van der Waals surface area contributed by atoms with E-state index >= 15 is 0 Å². The number of hydrogen-bond acceptors (Lipinski definition) is 7. The normalized spacial score (nSPS) is 17.6. The third-order valence-electron chi connectivity index (χ3n) is 4.61. The number of hydrogen-bond donors (Lipinski definition) is 1. The lowest BCUT2D eigenvalue weighted by atomic mass is 10.2. The Morgan fingerprint density at radius 3 is 2.84 bits per heavy atom. The fraction of sp³-hybridized carbons (Fsp3) is 0.588. The fourth-order valence-electron chi connectivity index (χ4n) is 3.05. The van der Waals surface area contributed by atoms with Gasteiger partial charge in [0.1, 0.15) is 0 Å². The van der Waals surface area contributed by atoms with Gasteiger partial charge in [0.05, 0.1) is 10.9 Å². The van der Waals surface area contributed by atoms with Crippen LogP contribution < -0.4 is 0 Å². The Balaban J connectivity index is 1.45. The Bertz CT molecular complexity index is 665. The van der Waals surface area contributed by atoms with Crippen LogP contribution in [0.4, 0.5) is 0 Å². The smallest absolute Gasteiger partial charge is 0.303 e. The molecule has 0 spiro atoms. The van der Waals surface area contributed by atoms with E-state index in [0.29, 0.717) is 11.7 Å². The lowest BCUT2D eigenvalue weighted by molar-refractivity contribution is -0.137. The van der Waals surface area contributed by atoms with Gasteiger partial charge in [0.15, 0.2) is 0 Å². The van der Waals surface area contributed by atoms with Gasteiger partial charge in [-0.15, -0.1) is 11.3 Å². The van der Waals surface area contributed by atoms with E-state index in [1.165, 1.54) is 0 Å². The highest BCUT2D eigenvalue weighted by Crippen LogP contribution is 2.25. The molecular weight excluding hydrogens is 340 g/mol. The number of aliphatic carboxylic acids is 1. The first-order valence-corrected chi connectivity index (χ1v) is 9.57. The van der Waals surface area contributed by atoms with Gasteiger partial charge in [0.25, 0.3) is 0 Å². The number of unbranched alkanes of at least 4 members (excludes halogenated alkanes) is 1. The Labute approximate surface area is 151 Å². The highest BCUT2D eigenvalue weighted by atomic mass is 32.1. The van der Waals surface area contributed by atoms with Crippen LogP contribution in [0.2, 0.25) is 0 Å². The van der Waals surface area contributed by atoms with E-state index in [2.05, 4.69) is 26.9 Å². The zero-order valence-electron chi connectivity index (χ0n) is 14.4. The van der Waals surface area contributed by atoms with Crippen molar-refractivity contribution in [3.8, 4) is 10.7 Å². The quantitative estimate of drug-likeness (QED) is 0.721. The number of piperazine rings is 1. The predicted molar refractivity (Wildman–Crippen MR) is 95.5 cm³/mol. The average Bonchev–Trinajstić information content (AvgIpc) is 3.29. The maximum absolute atomic E-state index is 10.5. The van der Waals surface area contributed by atoms with E-state index < -0.39 is 5.97 Å². The van der Waals surface area contributed by atoms with Gasteiger partial charge in [-0.2, -0.15) is 4.98 Å². The van der Waals surface area contributed by atoms with Crippen molar-refractivity contribution in [1.29, 1.82) is 0 Å². The molecule has 0 aliphatic carbocycles. The topological polar surface area (TPSA) is 82.7 Å². The first-order chi connectivity index (χ1) is 12.1. The van der Waals surface area contributed by atoms with E-state index in [1.807, 2.05) is 17.5 Å². The molecule has 1 fully saturated rings. The monoisotopic (exact) mass is 364 g/mol. The largest absolute Gasteiger partial charge is 0.481 e. The minimum atomic E-state index is -0.708. The second-order valence-electron chi connectivity index (χ2n) is 6.34. The van der Waals surface area contributed by atoms with Crippen LogP contribution in [0.15, 0.2) is 22.0 Å². The summed E-state index contributed by atoms with van der Waals surface area (Å²) >= 11 is 1.61. The molecule has 1 aliphatic rings. The summed E-state index contributed by atoms with van der Waals surface area (Å²) in [6.07, 6.45) is 1.95. The van der Waals surface area contributed by atoms with E-state index in [-0.39, 0.29) is 12.5 Å². The maximum atomic E-state index is 10.5. The van der Waals surface area contributed by atoms with Crippen molar-refractivity contribution < 1.29 is 14.4 Å². The van der Waals surface area contributed by atoms with E-state index in [0.717, 1.165) is 50.4 Å². The van der Waals surface area contributed by atoms with Gasteiger partial charge in [-0.1, -0.05) is 11.2 Å². The zero-order chi connectivity index (χ0) is 17.6. The molecule has 136 valence electrons. The van der Waals surface area contributed by atoms with Crippen LogP contribution in [0.3, 0.4) is 0 Å². The molecule has 0 saturated carbocycles.